The lowest BCUT2D eigenvalue weighted by molar-refractivity contribution is -0.199. The van der Waals surface area contributed by atoms with Gasteiger partial charge in [0.2, 0.25) is 0 Å². The first kappa shape index (κ1) is 20.9. The first-order chi connectivity index (χ1) is 13.4. The van der Waals surface area contributed by atoms with Crippen LogP contribution in [0.2, 0.25) is 0 Å². The first-order valence-corrected chi connectivity index (χ1v) is 8.52. The van der Waals surface area contributed by atoms with Crippen LogP contribution in [0.5, 0.6) is 0 Å². The van der Waals surface area contributed by atoms with Crippen LogP contribution in [0.4, 0.5) is 4.79 Å². The molecule has 1 aromatic rings. The lowest BCUT2D eigenvalue weighted by atomic mass is 10.1. The molecule has 10 nitrogen and oxygen atoms in total. The van der Waals surface area contributed by atoms with Crippen molar-refractivity contribution in [2.24, 2.45) is 0 Å². The second kappa shape index (κ2) is 10.0. The van der Waals surface area contributed by atoms with Crippen LogP contribution in [-0.4, -0.2) is 48.1 Å². The van der Waals surface area contributed by atoms with Crippen LogP contribution >= 0.6 is 0 Å². The van der Waals surface area contributed by atoms with Crippen LogP contribution in [0.15, 0.2) is 30.3 Å². The van der Waals surface area contributed by atoms with E-state index in [1.54, 1.807) is 24.3 Å². The normalized spacial score (nSPS) is 14.4. The van der Waals surface area contributed by atoms with Gasteiger partial charge in [0.1, 0.15) is 12.6 Å². The molecule has 1 saturated heterocycles. The smallest absolute Gasteiger partial charge is 0.408 e. The maximum absolute atomic E-state index is 12.3. The van der Waals surface area contributed by atoms with Gasteiger partial charge in [0, 0.05) is 19.3 Å². The third kappa shape index (κ3) is 6.08. The van der Waals surface area contributed by atoms with Crippen molar-refractivity contribution in [1.29, 1.82) is 0 Å². The summed E-state index contributed by atoms with van der Waals surface area (Å²) in [7, 11) is 1.18. The molecule has 3 amide bonds. The third-order valence-electron chi connectivity index (χ3n) is 3.84. The molecule has 0 radical (unpaired) electrons. The number of esters is 1. The number of imide groups is 1. The highest BCUT2D eigenvalue weighted by molar-refractivity contribution is 6.01. The Morgan fingerprint density at radius 2 is 1.75 bits per heavy atom. The van der Waals surface area contributed by atoms with Gasteiger partial charge >= 0.3 is 18.0 Å². The lowest BCUT2D eigenvalue weighted by Gasteiger charge is -2.19. The Morgan fingerprint density at radius 1 is 1.11 bits per heavy atom. The molecule has 150 valence electrons. The molecule has 0 aromatic heterocycles. The predicted octanol–water partition coefficient (Wildman–Crippen LogP) is 0.842. The van der Waals surface area contributed by atoms with Crippen molar-refractivity contribution in [2.75, 3.05) is 7.11 Å². The Morgan fingerprint density at radius 3 is 2.36 bits per heavy atom. The molecule has 2 rings (SSSR count). The minimum Gasteiger partial charge on any atom is -0.469 e. The van der Waals surface area contributed by atoms with Crippen LogP contribution in [0, 0.1) is 0 Å². The second-order valence-corrected chi connectivity index (χ2v) is 5.87. The molecule has 28 heavy (non-hydrogen) atoms. The summed E-state index contributed by atoms with van der Waals surface area (Å²) in [6, 6.07) is 7.54. The highest BCUT2D eigenvalue weighted by atomic mass is 16.7. The van der Waals surface area contributed by atoms with Crippen LogP contribution in [0.25, 0.3) is 0 Å². The van der Waals surface area contributed by atoms with Crippen LogP contribution in [0.1, 0.15) is 31.2 Å². The molecule has 0 spiro atoms. The van der Waals surface area contributed by atoms with E-state index in [-0.39, 0.29) is 32.3 Å². The fourth-order valence-corrected chi connectivity index (χ4v) is 2.33. The SMILES string of the molecule is COC(=O)CCC(NC(=O)OCc1ccccc1)C(=O)ON1C(=O)CCC1=O. The number of carbonyl (C=O) groups is 5. The van der Waals surface area contributed by atoms with E-state index in [9.17, 15) is 24.0 Å². The molecule has 1 N–H and O–H groups in total. The summed E-state index contributed by atoms with van der Waals surface area (Å²) in [6.45, 7) is -0.0332. The average molecular weight is 392 g/mol. The second-order valence-electron chi connectivity index (χ2n) is 5.87. The number of hydrogen-bond donors (Lipinski definition) is 1. The standard InChI is InChI=1S/C18H20N2O8/c1-26-16(23)10-7-13(17(24)28-20-14(21)8-9-15(20)22)19-18(25)27-11-12-5-3-2-4-6-12/h2-6,13H,7-11H2,1H3,(H,19,25). The Hall–Kier alpha value is -3.43. The molecule has 0 bridgehead atoms. The Kier molecular flexibility index (Phi) is 7.49. The van der Waals surface area contributed by atoms with Gasteiger partial charge in [-0.1, -0.05) is 30.3 Å². The highest BCUT2D eigenvalue weighted by Gasteiger charge is 2.35. The van der Waals surface area contributed by atoms with Gasteiger partial charge in [0.15, 0.2) is 0 Å². The quantitative estimate of drug-likeness (QED) is 0.509. The van der Waals surface area contributed by atoms with Crippen molar-refractivity contribution in [1.82, 2.24) is 10.4 Å². The number of ether oxygens (including phenoxy) is 2. The summed E-state index contributed by atoms with van der Waals surface area (Å²) in [4.78, 5) is 63.6. The van der Waals surface area contributed by atoms with Gasteiger partial charge in [0.05, 0.1) is 7.11 Å². The number of carbonyl (C=O) groups excluding carboxylic acids is 5. The lowest BCUT2D eigenvalue weighted by Crippen LogP contribution is -2.45. The van der Waals surface area contributed by atoms with Gasteiger partial charge in [-0.15, -0.1) is 5.06 Å². The summed E-state index contributed by atoms with van der Waals surface area (Å²) >= 11 is 0. The van der Waals surface area contributed by atoms with Crippen LogP contribution < -0.4 is 5.32 Å². The summed E-state index contributed by atoms with van der Waals surface area (Å²) in [5.41, 5.74) is 0.736. The van der Waals surface area contributed by atoms with E-state index in [1.165, 1.54) is 7.11 Å². The Balaban J connectivity index is 1.96. The number of hydroxylamine groups is 2. The molecule has 0 saturated carbocycles. The summed E-state index contributed by atoms with van der Waals surface area (Å²) in [5.74, 6) is -2.98. The molecule has 0 aliphatic carbocycles. The number of rotatable bonds is 8. The van der Waals surface area contributed by atoms with Crippen molar-refractivity contribution >= 4 is 29.8 Å². The van der Waals surface area contributed by atoms with E-state index in [4.69, 9.17) is 9.57 Å². The van der Waals surface area contributed by atoms with E-state index in [0.29, 0.717) is 5.06 Å². The van der Waals surface area contributed by atoms with Crippen molar-refractivity contribution in [3.05, 3.63) is 35.9 Å². The largest absolute Gasteiger partial charge is 0.469 e. The van der Waals surface area contributed by atoms with Crippen molar-refractivity contribution < 1.29 is 38.3 Å². The first-order valence-electron chi connectivity index (χ1n) is 8.52. The molecular weight excluding hydrogens is 372 g/mol. The number of methoxy groups -OCH3 is 1. The number of amides is 3. The molecule has 10 heteroatoms. The fourth-order valence-electron chi connectivity index (χ4n) is 2.33. The van der Waals surface area contributed by atoms with E-state index in [1.807, 2.05) is 6.07 Å². The summed E-state index contributed by atoms with van der Waals surface area (Å²) in [5, 5.41) is 2.64. The van der Waals surface area contributed by atoms with Crippen molar-refractivity contribution in [3.63, 3.8) is 0 Å². The van der Waals surface area contributed by atoms with Gasteiger partial charge in [-0.3, -0.25) is 14.4 Å². The highest BCUT2D eigenvalue weighted by Crippen LogP contribution is 2.14. The number of nitrogens with zero attached hydrogens (tertiary/aromatic N) is 1. The van der Waals surface area contributed by atoms with E-state index in [0.717, 1.165) is 5.56 Å². The molecule has 1 unspecified atom stereocenters. The van der Waals surface area contributed by atoms with Gasteiger partial charge in [-0.25, -0.2) is 9.59 Å². The summed E-state index contributed by atoms with van der Waals surface area (Å²) < 4.78 is 9.54. The summed E-state index contributed by atoms with van der Waals surface area (Å²) in [6.07, 6.45) is -1.41. The zero-order chi connectivity index (χ0) is 20.5. The van der Waals surface area contributed by atoms with Crippen molar-refractivity contribution in [3.8, 4) is 0 Å². The van der Waals surface area contributed by atoms with Crippen LogP contribution in [0.3, 0.4) is 0 Å². The average Bonchev–Trinajstić information content (AvgIpc) is 3.01. The third-order valence-corrected chi connectivity index (χ3v) is 3.84. The molecular formula is C18H20N2O8. The Bertz CT molecular complexity index is 733. The Labute approximate surface area is 160 Å². The minimum atomic E-state index is -1.32. The molecule has 1 heterocycles. The maximum atomic E-state index is 12.3. The molecule has 1 atom stereocenters. The number of hydrogen-bond acceptors (Lipinski definition) is 8. The van der Waals surface area contributed by atoms with Gasteiger partial charge in [-0.05, 0) is 12.0 Å². The number of benzene rings is 1. The van der Waals surface area contributed by atoms with Gasteiger partial charge in [0.25, 0.3) is 11.8 Å². The molecule has 1 aliphatic heterocycles. The van der Waals surface area contributed by atoms with E-state index < -0.39 is 35.9 Å². The topological polar surface area (TPSA) is 128 Å². The molecule has 1 aromatic carbocycles. The van der Waals surface area contributed by atoms with Gasteiger partial charge in [-0.2, -0.15) is 0 Å². The minimum absolute atomic E-state index is 0.0332. The zero-order valence-corrected chi connectivity index (χ0v) is 15.2. The monoisotopic (exact) mass is 392 g/mol. The van der Waals surface area contributed by atoms with E-state index >= 15 is 0 Å². The maximum Gasteiger partial charge on any atom is 0.408 e. The van der Waals surface area contributed by atoms with Gasteiger partial charge < -0.3 is 19.6 Å². The van der Waals surface area contributed by atoms with Crippen LogP contribution in [-0.2, 0) is 40.1 Å². The number of alkyl carbamates (subject to hydrolysis) is 1. The number of nitrogens with one attached hydrogen (secondary N) is 1. The zero-order valence-electron chi connectivity index (χ0n) is 15.2. The predicted molar refractivity (Wildman–Crippen MR) is 92.0 cm³/mol. The molecule has 1 fully saturated rings. The van der Waals surface area contributed by atoms with Crippen molar-refractivity contribution in [2.45, 2.75) is 38.3 Å². The molecule has 1 aliphatic rings. The van der Waals surface area contributed by atoms with E-state index in [2.05, 4.69) is 10.1 Å². The fraction of sp³-hybridized carbons (Fsp3) is 0.389.